The van der Waals surface area contributed by atoms with Crippen LogP contribution in [0.25, 0.3) is 6.08 Å². The van der Waals surface area contributed by atoms with Gasteiger partial charge in [0.2, 0.25) is 0 Å². The van der Waals surface area contributed by atoms with E-state index in [1.54, 1.807) is 24.3 Å². The second-order valence-corrected chi connectivity index (χ2v) is 7.65. The molecule has 1 saturated heterocycles. The Morgan fingerprint density at radius 3 is 2.52 bits per heavy atom. The Hall–Kier alpha value is -3.46. The number of amides is 3. The predicted molar refractivity (Wildman–Crippen MR) is 117 cm³/mol. The van der Waals surface area contributed by atoms with Gasteiger partial charge in [-0.25, -0.2) is 0 Å². The highest BCUT2D eigenvalue weighted by atomic mass is 32.2. The summed E-state index contributed by atoms with van der Waals surface area (Å²) in [6.45, 7) is 2.06. The molecule has 1 aliphatic heterocycles. The van der Waals surface area contributed by atoms with Crippen LogP contribution in [0.5, 0.6) is 17.2 Å². The van der Waals surface area contributed by atoms with Gasteiger partial charge in [0.05, 0.1) is 18.6 Å². The smallest absolute Gasteiger partial charge is 0.293 e. The average molecular weight is 442 g/mol. The normalized spacial score (nSPS) is 14.8. The topological polar surface area (TPSA) is 108 Å². The van der Waals surface area contributed by atoms with Gasteiger partial charge >= 0.3 is 0 Å². The Labute approximate surface area is 183 Å². The molecule has 2 aromatic rings. The van der Waals surface area contributed by atoms with Crippen molar-refractivity contribution in [3.05, 3.63) is 58.5 Å². The lowest BCUT2D eigenvalue weighted by Gasteiger charge is -2.13. The molecule has 0 bridgehead atoms. The zero-order valence-corrected chi connectivity index (χ0v) is 17.9. The minimum Gasteiger partial charge on any atom is -0.493 e. The van der Waals surface area contributed by atoms with Crippen molar-refractivity contribution in [1.29, 1.82) is 0 Å². The molecule has 9 heteroatoms. The number of aryl methyl sites for hydroxylation is 1. The van der Waals surface area contributed by atoms with E-state index in [1.165, 1.54) is 7.11 Å². The second kappa shape index (κ2) is 10.0. The van der Waals surface area contributed by atoms with Crippen molar-refractivity contribution < 1.29 is 28.6 Å². The first kappa shape index (κ1) is 22.2. The molecule has 1 fully saturated rings. The van der Waals surface area contributed by atoms with Crippen molar-refractivity contribution in [3.63, 3.8) is 0 Å². The number of nitrogens with two attached hydrogens (primary N) is 1. The third kappa shape index (κ3) is 5.79. The van der Waals surface area contributed by atoms with Crippen LogP contribution in [0.15, 0.2) is 47.4 Å². The summed E-state index contributed by atoms with van der Waals surface area (Å²) in [4.78, 5) is 37.3. The maximum Gasteiger partial charge on any atom is 0.293 e. The number of hydrogen-bond acceptors (Lipinski definition) is 7. The summed E-state index contributed by atoms with van der Waals surface area (Å²) in [6, 6.07) is 12.5. The van der Waals surface area contributed by atoms with Gasteiger partial charge in [-0.1, -0.05) is 23.8 Å². The SMILES string of the molecule is COc1cc(/C=C2\SC(=O)N(CCOc3ccc(C)cc3)C2=O)ccc1OCC(N)=O. The van der Waals surface area contributed by atoms with Crippen molar-refractivity contribution in [3.8, 4) is 17.2 Å². The van der Waals surface area contributed by atoms with Crippen molar-refractivity contribution in [2.75, 3.05) is 26.9 Å². The zero-order chi connectivity index (χ0) is 22.4. The van der Waals surface area contributed by atoms with Crippen LogP contribution >= 0.6 is 11.8 Å². The van der Waals surface area contributed by atoms with E-state index in [1.807, 2.05) is 31.2 Å². The molecule has 2 aromatic carbocycles. The minimum absolute atomic E-state index is 0.152. The van der Waals surface area contributed by atoms with Gasteiger partial charge in [0.25, 0.3) is 17.1 Å². The fourth-order valence-corrected chi connectivity index (χ4v) is 3.64. The number of nitrogens with zero attached hydrogens (tertiary/aromatic N) is 1. The van der Waals surface area contributed by atoms with E-state index in [4.69, 9.17) is 19.9 Å². The quantitative estimate of drug-likeness (QED) is 0.595. The van der Waals surface area contributed by atoms with Crippen LogP contribution in [0.3, 0.4) is 0 Å². The predicted octanol–water partition coefficient (Wildman–Crippen LogP) is 2.98. The molecule has 31 heavy (non-hydrogen) atoms. The van der Waals surface area contributed by atoms with Crippen molar-refractivity contribution in [1.82, 2.24) is 4.90 Å². The molecule has 0 saturated carbocycles. The van der Waals surface area contributed by atoms with E-state index in [9.17, 15) is 14.4 Å². The highest BCUT2D eigenvalue weighted by Gasteiger charge is 2.34. The third-order valence-electron chi connectivity index (χ3n) is 4.33. The van der Waals surface area contributed by atoms with Gasteiger partial charge in [-0.15, -0.1) is 0 Å². The van der Waals surface area contributed by atoms with E-state index in [-0.39, 0.29) is 30.9 Å². The van der Waals surface area contributed by atoms with Crippen LogP contribution in [0.1, 0.15) is 11.1 Å². The van der Waals surface area contributed by atoms with Gasteiger partial charge < -0.3 is 19.9 Å². The molecule has 3 rings (SSSR count). The summed E-state index contributed by atoms with van der Waals surface area (Å²) in [5.74, 6) is 0.418. The van der Waals surface area contributed by atoms with Gasteiger partial charge in [-0.3, -0.25) is 19.3 Å². The molecule has 1 heterocycles. The molecule has 1 aliphatic rings. The largest absolute Gasteiger partial charge is 0.493 e. The van der Waals surface area contributed by atoms with Crippen molar-refractivity contribution in [2.24, 2.45) is 5.73 Å². The number of ether oxygens (including phenoxy) is 3. The molecule has 0 radical (unpaired) electrons. The highest BCUT2D eigenvalue weighted by Crippen LogP contribution is 2.34. The zero-order valence-electron chi connectivity index (χ0n) is 17.1. The lowest BCUT2D eigenvalue weighted by atomic mass is 10.2. The van der Waals surface area contributed by atoms with E-state index in [2.05, 4.69) is 0 Å². The number of carbonyl (C=O) groups is 3. The summed E-state index contributed by atoms with van der Waals surface area (Å²) in [5, 5.41) is -0.350. The van der Waals surface area contributed by atoms with Gasteiger partial charge in [0.15, 0.2) is 18.1 Å². The number of hydrogen-bond donors (Lipinski definition) is 1. The first-order valence-corrected chi connectivity index (χ1v) is 10.2. The summed E-state index contributed by atoms with van der Waals surface area (Å²) >= 11 is 0.866. The van der Waals surface area contributed by atoms with Crippen LogP contribution in [-0.4, -0.2) is 48.8 Å². The number of rotatable bonds is 9. The summed E-state index contributed by atoms with van der Waals surface area (Å²) in [7, 11) is 1.46. The van der Waals surface area contributed by atoms with E-state index in [0.29, 0.717) is 27.7 Å². The molecule has 0 unspecified atom stereocenters. The van der Waals surface area contributed by atoms with Crippen LogP contribution in [0, 0.1) is 6.92 Å². The van der Waals surface area contributed by atoms with Crippen LogP contribution in [0.2, 0.25) is 0 Å². The van der Waals surface area contributed by atoms with Gasteiger partial charge in [0.1, 0.15) is 12.4 Å². The van der Waals surface area contributed by atoms with Gasteiger partial charge in [-0.05, 0) is 54.6 Å². The average Bonchev–Trinajstić information content (AvgIpc) is 3.01. The Morgan fingerprint density at radius 1 is 1.10 bits per heavy atom. The molecule has 0 aromatic heterocycles. The fourth-order valence-electron chi connectivity index (χ4n) is 2.78. The summed E-state index contributed by atoms with van der Waals surface area (Å²) in [6.07, 6.45) is 1.60. The lowest BCUT2D eigenvalue weighted by molar-refractivity contribution is -0.123. The highest BCUT2D eigenvalue weighted by molar-refractivity contribution is 8.18. The molecule has 2 N–H and O–H groups in total. The molecule has 0 spiro atoms. The third-order valence-corrected chi connectivity index (χ3v) is 5.24. The number of imide groups is 1. The second-order valence-electron chi connectivity index (χ2n) is 6.66. The Morgan fingerprint density at radius 2 is 1.84 bits per heavy atom. The minimum atomic E-state index is -0.605. The van der Waals surface area contributed by atoms with E-state index >= 15 is 0 Å². The Balaban J connectivity index is 1.65. The number of methoxy groups -OCH3 is 1. The molecule has 0 aliphatic carbocycles. The van der Waals surface area contributed by atoms with Crippen LogP contribution in [-0.2, 0) is 9.59 Å². The molecule has 8 nitrogen and oxygen atoms in total. The lowest BCUT2D eigenvalue weighted by Crippen LogP contribution is -2.32. The van der Waals surface area contributed by atoms with Crippen LogP contribution in [0.4, 0.5) is 4.79 Å². The summed E-state index contributed by atoms with van der Waals surface area (Å²) < 4.78 is 16.2. The van der Waals surface area contributed by atoms with Crippen LogP contribution < -0.4 is 19.9 Å². The van der Waals surface area contributed by atoms with E-state index in [0.717, 1.165) is 22.2 Å². The molecule has 0 atom stereocenters. The first-order valence-electron chi connectivity index (χ1n) is 9.41. The number of primary amides is 1. The Bertz CT molecular complexity index is 1020. The summed E-state index contributed by atoms with van der Waals surface area (Å²) in [5.41, 5.74) is 6.85. The molecular weight excluding hydrogens is 420 g/mol. The van der Waals surface area contributed by atoms with Crippen molar-refractivity contribution in [2.45, 2.75) is 6.92 Å². The Kier molecular flexibility index (Phi) is 7.19. The standard InChI is InChI=1S/C22H22N2O6S/c1-14-3-6-16(7-4-14)29-10-9-24-21(26)19(31-22(24)27)12-15-5-8-17(18(11-15)28-2)30-13-20(23)25/h3-8,11-12H,9-10,13H2,1-2H3,(H2,23,25)/b19-12-. The fraction of sp³-hybridized carbons (Fsp3) is 0.227. The molecular formula is C22H22N2O6S. The maximum atomic E-state index is 12.7. The monoisotopic (exact) mass is 442 g/mol. The number of carbonyl (C=O) groups excluding carboxylic acids is 3. The number of thioether (sulfide) groups is 1. The maximum absolute atomic E-state index is 12.7. The van der Waals surface area contributed by atoms with Crippen molar-refractivity contribution >= 4 is 34.9 Å². The molecule has 162 valence electrons. The van der Waals surface area contributed by atoms with Gasteiger partial charge in [-0.2, -0.15) is 0 Å². The first-order chi connectivity index (χ1) is 14.9. The van der Waals surface area contributed by atoms with E-state index < -0.39 is 5.91 Å². The molecule has 3 amide bonds. The number of benzene rings is 2. The van der Waals surface area contributed by atoms with Gasteiger partial charge in [0, 0.05) is 0 Å².